The van der Waals surface area contributed by atoms with Crippen molar-refractivity contribution in [2.75, 3.05) is 6.54 Å². The van der Waals surface area contributed by atoms with Gasteiger partial charge >= 0.3 is 0 Å². The summed E-state index contributed by atoms with van der Waals surface area (Å²) >= 11 is 1.63. The van der Waals surface area contributed by atoms with Gasteiger partial charge in [-0.25, -0.2) is 9.37 Å². The minimum atomic E-state index is -0.342. The number of halogens is 1. The highest BCUT2D eigenvalue weighted by Crippen LogP contribution is 2.21. The summed E-state index contributed by atoms with van der Waals surface area (Å²) < 4.78 is 14.6. The molecular weight excluding hydrogens is 311 g/mol. The van der Waals surface area contributed by atoms with E-state index >= 15 is 0 Å². The van der Waals surface area contributed by atoms with Crippen LogP contribution in [0, 0.1) is 5.82 Å². The topological polar surface area (TPSA) is 42.0 Å². The standard InChI is InChI=1S/C18H15FN2OS/c19-14-6-2-1-5-13(14)9-10-17(22)20-12-11-18-21-15-7-3-4-8-16(15)23-18/h1-10H,11-12H2,(H,20,22)/b10-9+. The first-order valence-corrected chi connectivity index (χ1v) is 8.09. The zero-order valence-electron chi connectivity index (χ0n) is 12.3. The smallest absolute Gasteiger partial charge is 0.244 e. The third-order valence-electron chi connectivity index (χ3n) is 3.30. The van der Waals surface area contributed by atoms with Gasteiger partial charge < -0.3 is 5.32 Å². The second-order valence-corrected chi connectivity index (χ2v) is 6.09. The Balaban J connectivity index is 1.52. The van der Waals surface area contributed by atoms with Crippen LogP contribution in [0.5, 0.6) is 0 Å². The maximum Gasteiger partial charge on any atom is 0.244 e. The van der Waals surface area contributed by atoms with Crippen LogP contribution < -0.4 is 5.32 Å². The van der Waals surface area contributed by atoms with Crippen LogP contribution in [-0.2, 0) is 11.2 Å². The Kier molecular flexibility index (Phi) is 4.78. The van der Waals surface area contributed by atoms with Crippen LogP contribution in [0.15, 0.2) is 54.6 Å². The Morgan fingerprint density at radius 3 is 2.78 bits per heavy atom. The van der Waals surface area contributed by atoms with Gasteiger partial charge in [0.15, 0.2) is 0 Å². The molecule has 2 aromatic carbocycles. The van der Waals surface area contributed by atoms with E-state index in [0.29, 0.717) is 18.5 Å². The Bertz CT molecular complexity index is 824. The lowest BCUT2D eigenvalue weighted by molar-refractivity contribution is -0.116. The predicted octanol–water partition coefficient (Wildman–Crippen LogP) is 3.81. The summed E-state index contributed by atoms with van der Waals surface area (Å²) in [6, 6.07) is 14.3. The highest BCUT2D eigenvalue weighted by Gasteiger charge is 2.03. The maximum absolute atomic E-state index is 13.4. The van der Waals surface area contributed by atoms with E-state index in [1.807, 2.05) is 24.3 Å². The van der Waals surface area contributed by atoms with Crippen molar-refractivity contribution in [3.05, 3.63) is 71.0 Å². The number of fused-ring (bicyclic) bond motifs is 1. The van der Waals surface area contributed by atoms with Gasteiger partial charge in [0.05, 0.1) is 15.2 Å². The van der Waals surface area contributed by atoms with Crippen molar-refractivity contribution >= 4 is 33.5 Å². The monoisotopic (exact) mass is 326 g/mol. The molecule has 0 bridgehead atoms. The van der Waals surface area contributed by atoms with E-state index in [1.54, 1.807) is 29.5 Å². The van der Waals surface area contributed by atoms with E-state index < -0.39 is 0 Å². The molecule has 1 aromatic heterocycles. The zero-order valence-corrected chi connectivity index (χ0v) is 13.1. The van der Waals surface area contributed by atoms with E-state index in [0.717, 1.165) is 15.2 Å². The number of aromatic nitrogens is 1. The fraction of sp³-hybridized carbons (Fsp3) is 0.111. The van der Waals surface area contributed by atoms with Crippen molar-refractivity contribution in [3.8, 4) is 0 Å². The molecule has 3 nitrogen and oxygen atoms in total. The van der Waals surface area contributed by atoms with Gasteiger partial charge in [0.25, 0.3) is 0 Å². The van der Waals surface area contributed by atoms with Gasteiger partial charge in [-0.2, -0.15) is 0 Å². The molecule has 3 rings (SSSR count). The number of hydrogen-bond donors (Lipinski definition) is 1. The Labute approximate surface area is 137 Å². The lowest BCUT2D eigenvalue weighted by Gasteiger charge is -2.00. The molecule has 116 valence electrons. The number of nitrogens with zero attached hydrogens (tertiary/aromatic N) is 1. The Morgan fingerprint density at radius 1 is 1.17 bits per heavy atom. The number of amides is 1. The first kappa shape index (κ1) is 15.4. The van der Waals surface area contributed by atoms with E-state index in [9.17, 15) is 9.18 Å². The number of rotatable bonds is 5. The number of carbonyl (C=O) groups excluding carboxylic acids is 1. The Morgan fingerprint density at radius 2 is 1.96 bits per heavy atom. The van der Waals surface area contributed by atoms with Gasteiger partial charge in [-0.3, -0.25) is 4.79 Å². The summed E-state index contributed by atoms with van der Waals surface area (Å²) in [6.45, 7) is 0.500. The van der Waals surface area contributed by atoms with Crippen LogP contribution in [0.1, 0.15) is 10.6 Å². The molecule has 0 aliphatic heterocycles. The first-order valence-electron chi connectivity index (χ1n) is 7.27. The van der Waals surface area contributed by atoms with Gasteiger partial charge in [0.2, 0.25) is 5.91 Å². The van der Waals surface area contributed by atoms with Crippen LogP contribution in [0.2, 0.25) is 0 Å². The van der Waals surface area contributed by atoms with E-state index in [-0.39, 0.29) is 11.7 Å². The number of hydrogen-bond acceptors (Lipinski definition) is 3. The highest BCUT2D eigenvalue weighted by atomic mass is 32.1. The van der Waals surface area contributed by atoms with Crippen molar-refractivity contribution in [1.29, 1.82) is 0 Å². The molecule has 1 heterocycles. The largest absolute Gasteiger partial charge is 0.352 e. The summed E-state index contributed by atoms with van der Waals surface area (Å²) in [5, 5.41) is 3.77. The van der Waals surface area contributed by atoms with Gasteiger partial charge in [0.1, 0.15) is 5.82 Å². The maximum atomic E-state index is 13.4. The van der Waals surface area contributed by atoms with Gasteiger partial charge in [-0.15, -0.1) is 11.3 Å². The molecule has 1 N–H and O–H groups in total. The van der Waals surface area contributed by atoms with Gasteiger partial charge in [-0.05, 0) is 24.3 Å². The average molecular weight is 326 g/mol. The number of nitrogens with one attached hydrogen (secondary N) is 1. The third-order valence-corrected chi connectivity index (χ3v) is 4.39. The zero-order chi connectivity index (χ0) is 16.1. The second-order valence-electron chi connectivity index (χ2n) is 4.97. The quantitative estimate of drug-likeness (QED) is 0.725. The highest BCUT2D eigenvalue weighted by molar-refractivity contribution is 7.18. The first-order chi connectivity index (χ1) is 11.2. The van der Waals surface area contributed by atoms with Crippen molar-refractivity contribution in [2.24, 2.45) is 0 Å². The van der Waals surface area contributed by atoms with Crippen molar-refractivity contribution < 1.29 is 9.18 Å². The van der Waals surface area contributed by atoms with Crippen molar-refractivity contribution in [1.82, 2.24) is 10.3 Å². The number of thiazole rings is 1. The van der Waals surface area contributed by atoms with Crippen molar-refractivity contribution in [3.63, 3.8) is 0 Å². The molecule has 0 saturated carbocycles. The van der Waals surface area contributed by atoms with Crippen LogP contribution >= 0.6 is 11.3 Å². The number of benzene rings is 2. The summed E-state index contributed by atoms with van der Waals surface area (Å²) in [5.41, 5.74) is 1.38. The van der Waals surface area contributed by atoms with Gasteiger partial charge in [-0.1, -0.05) is 30.3 Å². The van der Waals surface area contributed by atoms with Crippen LogP contribution in [0.4, 0.5) is 4.39 Å². The number of para-hydroxylation sites is 1. The predicted molar refractivity (Wildman–Crippen MR) is 91.8 cm³/mol. The lowest BCUT2D eigenvalue weighted by atomic mass is 10.2. The molecule has 23 heavy (non-hydrogen) atoms. The molecule has 5 heteroatoms. The molecule has 0 aliphatic rings. The fourth-order valence-corrected chi connectivity index (χ4v) is 3.12. The van der Waals surface area contributed by atoms with Crippen LogP contribution in [0.3, 0.4) is 0 Å². The van der Waals surface area contributed by atoms with Gasteiger partial charge in [0, 0.05) is 24.6 Å². The molecule has 0 fully saturated rings. The van der Waals surface area contributed by atoms with Crippen molar-refractivity contribution in [2.45, 2.75) is 6.42 Å². The molecule has 0 saturated heterocycles. The second kappa shape index (κ2) is 7.15. The summed E-state index contributed by atoms with van der Waals surface area (Å²) in [6.07, 6.45) is 3.50. The molecule has 1 amide bonds. The summed E-state index contributed by atoms with van der Waals surface area (Å²) in [5.74, 6) is -0.583. The molecule has 0 atom stereocenters. The number of carbonyl (C=O) groups is 1. The SMILES string of the molecule is O=C(/C=C/c1ccccc1F)NCCc1nc2ccccc2s1. The van der Waals surface area contributed by atoms with E-state index in [1.165, 1.54) is 18.2 Å². The molecule has 0 aliphatic carbocycles. The van der Waals surface area contributed by atoms with E-state index in [4.69, 9.17) is 0 Å². The molecule has 0 unspecified atom stereocenters. The molecule has 0 spiro atoms. The molecular formula is C18H15FN2OS. The van der Waals surface area contributed by atoms with E-state index in [2.05, 4.69) is 10.3 Å². The summed E-state index contributed by atoms with van der Waals surface area (Å²) in [4.78, 5) is 16.3. The fourth-order valence-electron chi connectivity index (χ4n) is 2.15. The average Bonchev–Trinajstić information content (AvgIpc) is 2.97. The minimum Gasteiger partial charge on any atom is -0.352 e. The van der Waals surface area contributed by atoms with Crippen LogP contribution in [-0.4, -0.2) is 17.4 Å². The molecule has 0 radical (unpaired) electrons. The minimum absolute atomic E-state index is 0.241. The third kappa shape index (κ3) is 4.02. The normalized spacial score (nSPS) is 11.2. The summed E-state index contributed by atoms with van der Waals surface area (Å²) in [7, 11) is 0. The Hall–Kier alpha value is -2.53. The van der Waals surface area contributed by atoms with Crippen LogP contribution in [0.25, 0.3) is 16.3 Å². The molecule has 3 aromatic rings. The lowest BCUT2D eigenvalue weighted by Crippen LogP contribution is -2.23.